The quantitative estimate of drug-likeness (QED) is 0.699. The predicted octanol–water partition coefficient (Wildman–Crippen LogP) is 0.853. The Bertz CT molecular complexity index is 946. The monoisotopic (exact) mass is 394 g/mol. The molecule has 0 spiro atoms. The van der Waals surface area contributed by atoms with Crippen molar-refractivity contribution >= 4 is 15.9 Å². The molecule has 0 bridgehead atoms. The third-order valence-corrected chi connectivity index (χ3v) is 5.02. The number of sulfonamides is 1. The van der Waals surface area contributed by atoms with Crippen LogP contribution < -0.4 is 29.2 Å². The van der Waals surface area contributed by atoms with Crippen molar-refractivity contribution in [2.24, 2.45) is 0 Å². The van der Waals surface area contributed by atoms with Crippen LogP contribution in [0.1, 0.15) is 0 Å². The van der Waals surface area contributed by atoms with Crippen molar-refractivity contribution in [3.8, 4) is 23.0 Å². The maximum Gasteiger partial charge on any atom is 0.279 e. The van der Waals surface area contributed by atoms with Crippen LogP contribution in [0, 0.1) is 0 Å². The van der Waals surface area contributed by atoms with Gasteiger partial charge in [-0.1, -0.05) is 12.1 Å². The lowest BCUT2D eigenvalue weighted by Crippen LogP contribution is -2.50. The fourth-order valence-electron chi connectivity index (χ4n) is 2.39. The van der Waals surface area contributed by atoms with Crippen molar-refractivity contribution in [3.05, 3.63) is 42.5 Å². The van der Waals surface area contributed by atoms with Gasteiger partial charge in [-0.25, -0.2) is 8.42 Å². The molecule has 1 aliphatic rings. The Morgan fingerprint density at radius 1 is 1.07 bits per heavy atom. The van der Waals surface area contributed by atoms with E-state index in [9.17, 15) is 13.2 Å². The molecule has 3 rings (SSSR count). The number of nitrogens with one attached hydrogen (secondary N) is 2. The molecule has 10 heteroatoms. The molecular weight excluding hydrogens is 376 g/mol. The van der Waals surface area contributed by atoms with Gasteiger partial charge in [-0.15, -0.1) is 4.83 Å². The van der Waals surface area contributed by atoms with Crippen molar-refractivity contribution in [1.82, 2.24) is 10.3 Å². The van der Waals surface area contributed by atoms with E-state index >= 15 is 0 Å². The summed E-state index contributed by atoms with van der Waals surface area (Å²) in [6.07, 6.45) is -0.993. The van der Waals surface area contributed by atoms with Gasteiger partial charge in [-0.05, 0) is 24.3 Å². The van der Waals surface area contributed by atoms with Crippen molar-refractivity contribution in [1.29, 1.82) is 0 Å². The zero-order chi connectivity index (χ0) is 19.4. The lowest BCUT2D eigenvalue weighted by molar-refractivity contribution is -0.130. The van der Waals surface area contributed by atoms with E-state index in [1.165, 1.54) is 32.4 Å². The Balaban J connectivity index is 1.66. The van der Waals surface area contributed by atoms with Gasteiger partial charge in [-0.3, -0.25) is 10.2 Å². The molecule has 0 aliphatic carbocycles. The molecule has 0 unspecified atom stereocenters. The number of hydrogen-bond acceptors (Lipinski definition) is 7. The summed E-state index contributed by atoms with van der Waals surface area (Å²) >= 11 is 0. The topological polar surface area (TPSA) is 112 Å². The third kappa shape index (κ3) is 4.07. The van der Waals surface area contributed by atoms with Crippen LogP contribution in [-0.2, 0) is 14.8 Å². The first kappa shape index (κ1) is 18.8. The number of carbonyl (C=O) groups is 1. The Labute approximate surface area is 156 Å². The second kappa shape index (κ2) is 7.72. The highest BCUT2D eigenvalue weighted by molar-refractivity contribution is 7.89. The van der Waals surface area contributed by atoms with Crippen molar-refractivity contribution < 1.29 is 32.2 Å². The minimum atomic E-state index is -4.03. The highest BCUT2D eigenvalue weighted by atomic mass is 32.2. The first-order valence-electron chi connectivity index (χ1n) is 7.87. The number of ether oxygens (including phenoxy) is 4. The van der Waals surface area contributed by atoms with Gasteiger partial charge in [0.25, 0.3) is 15.9 Å². The van der Waals surface area contributed by atoms with Crippen LogP contribution in [0.5, 0.6) is 23.0 Å². The summed E-state index contributed by atoms with van der Waals surface area (Å²) in [4.78, 5) is 14.1. The van der Waals surface area contributed by atoms with Crippen LogP contribution in [-0.4, -0.2) is 41.3 Å². The van der Waals surface area contributed by atoms with Crippen LogP contribution in [0.25, 0.3) is 0 Å². The molecule has 1 aliphatic heterocycles. The summed E-state index contributed by atoms with van der Waals surface area (Å²) in [6, 6.07) is 10.9. The summed E-state index contributed by atoms with van der Waals surface area (Å²) in [7, 11) is -1.20. The molecule has 27 heavy (non-hydrogen) atoms. The Kier molecular flexibility index (Phi) is 5.38. The van der Waals surface area contributed by atoms with Gasteiger partial charge >= 0.3 is 0 Å². The predicted molar refractivity (Wildman–Crippen MR) is 94.4 cm³/mol. The Morgan fingerprint density at radius 2 is 1.78 bits per heavy atom. The minimum absolute atomic E-state index is 0.0407. The van der Waals surface area contributed by atoms with Crippen LogP contribution in [0.3, 0.4) is 0 Å². The smallest absolute Gasteiger partial charge is 0.279 e. The molecule has 0 saturated heterocycles. The number of benzene rings is 2. The van der Waals surface area contributed by atoms with Crippen LogP contribution in [0.2, 0.25) is 0 Å². The van der Waals surface area contributed by atoms with E-state index < -0.39 is 22.0 Å². The molecule has 2 aromatic carbocycles. The van der Waals surface area contributed by atoms with Crippen molar-refractivity contribution in [2.45, 2.75) is 11.0 Å². The summed E-state index contributed by atoms with van der Waals surface area (Å²) in [6.45, 7) is -0.0407. The second-order valence-corrected chi connectivity index (χ2v) is 7.16. The molecule has 1 atom stereocenters. The van der Waals surface area contributed by atoms with Gasteiger partial charge in [0.1, 0.15) is 6.61 Å². The van der Waals surface area contributed by atoms with E-state index in [2.05, 4.69) is 5.43 Å². The Morgan fingerprint density at radius 3 is 2.48 bits per heavy atom. The highest BCUT2D eigenvalue weighted by Gasteiger charge is 2.28. The number of rotatable bonds is 6. The summed E-state index contributed by atoms with van der Waals surface area (Å²) in [5.74, 6) is 0.867. The average molecular weight is 394 g/mol. The van der Waals surface area contributed by atoms with Crippen LogP contribution >= 0.6 is 0 Å². The number of para-hydroxylation sites is 2. The first-order valence-corrected chi connectivity index (χ1v) is 9.35. The SMILES string of the molecule is COc1ccc(S(=O)(=O)NNC(=O)[C@@H]2COc3ccccc3O2)cc1OC. The van der Waals surface area contributed by atoms with E-state index in [-0.39, 0.29) is 17.3 Å². The molecule has 1 amide bonds. The highest BCUT2D eigenvalue weighted by Crippen LogP contribution is 2.31. The third-order valence-electron chi connectivity index (χ3n) is 3.77. The fraction of sp³-hybridized carbons (Fsp3) is 0.235. The second-order valence-electron chi connectivity index (χ2n) is 5.48. The fourth-order valence-corrected chi connectivity index (χ4v) is 3.25. The zero-order valence-electron chi connectivity index (χ0n) is 14.6. The molecule has 0 radical (unpaired) electrons. The van der Waals surface area contributed by atoms with Crippen molar-refractivity contribution in [3.63, 3.8) is 0 Å². The number of amides is 1. The summed E-state index contributed by atoms with van der Waals surface area (Å²) < 4.78 is 45.9. The molecule has 2 N–H and O–H groups in total. The van der Waals surface area contributed by atoms with Gasteiger partial charge in [0.05, 0.1) is 19.1 Å². The molecule has 2 aromatic rings. The maximum atomic E-state index is 12.4. The number of fused-ring (bicyclic) bond motifs is 1. The lowest BCUT2D eigenvalue weighted by atomic mass is 10.2. The van der Waals surface area contributed by atoms with Gasteiger partial charge in [0, 0.05) is 6.07 Å². The van der Waals surface area contributed by atoms with Gasteiger partial charge < -0.3 is 18.9 Å². The minimum Gasteiger partial charge on any atom is -0.493 e. The molecule has 0 fully saturated rings. The number of hydrogen-bond donors (Lipinski definition) is 2. The summed E-state index contributed by atoms with van der Waals surface area (Å²) in [5.41, 5.74) is 2.13. The number of methoxy groups -OCH3 is 2. The molecule has 9 nitrogen and oxygen atoms in total. The van der Waals surface area contributed by atoms with E-state index in [1.807, 2.05) is 4.83 Å². The first-order chi connectivity index (χ1) is 12.9. The van der Waals surface area contributed by atoms with E-state index in [4.69, 9.17) is 18.9 Å². The molecule has 0 saturated carbocycles. The number of carbonyl (C=O) groups excluding carboxylic acids is 1. The summed E-state index contributed by atoms with van der Waals surface area (Å²) in [5, 5.41) is 0. The lowest BCUT2D eigenvalue weighted by Gasteiger charge is -2.25. The largest absolute Gasteiger partial charge is 0.493 e. The van der Waals surface area contributed by atoms with Crippen LogP contribution in [0.15, 0.2) is 47.4 Å². The molecule has 144 valence electrons. The normalized spacial score (nSPS) is 15.7. The van der Waals surface area contributed by atoms with E-state index in [0.717, 1.165) is 0 Å². The van der Waals surface area contributed by atoms with Gasteiger partial charge in [0.15, 0.2) is 23.0 Å². The van der Waals surface area contributed by atoms with Crippen LogP contribution in [0.4, 0.5) is 0 Å². The Hall–Kier alpha value is -2.98. The van der Waals surface area contributed by atoms with E-state index in [1.54, 1.807) is 24.3 Å². The maximum absolute atomic E-state index is 12.4. The standard InChI is InChI=1S/C17H18N2O7S/c1-23-12-8-7-11(9-15(12)24-2)27(21,22)19-18-17(20)16-10-25-13-5-3-4-6-14(13)26-16/h3-9,16,19H,10H2,1-2H3,(H,18,20)/t16-/m0/s1. The van der Waals surface area contributed by atoms with E-state index in [0.29, 0.717) is 17.2 Å². The molecular formula is C17H18N2O7S. The molecule has 1 heterocycles. The number of hydrazine groups is 1. The van der Waals surface area contributed by atoms with Gasteiger partial charge in [-0.2, -0.15) is 0 Å². The molecule has 0 aromatic heterocycles. The zero-order valence-corrected chi connectivity index (χ0v) is 15.4. The average Bonchev–Trinajstić information content (AvgIpc) is 2.71. The van der Waals surface area contributed by atoms with Gasteiger partial charge in [0.2, 0.25) is 6.10 Å². The van der Waals surface area contributed by atoms with Crippen molar-refractivity contribution in [2.75, 3.05) is 20.8 Å².